The number of nitrogens with zero attached hydrogens (tertiary/aromatic N) is 1. The molecule has 0 saturated heterocycles. The van der Waals surface area contributed by atoms with Gasteiger partial charge in [-0.3, -0.25) is 4.79 Å². The Hall–Kier alpha value is -2.67. The second-order valence-corrected chi connectivity index (χ2v) is 6.86. The summed E-state index contributed by atoms with van der Waals surface area (Å²) < 4.78 is 11.9. The highest BCUT2D eigenvalue weighted by molar-refractivity contribution is 9.10. The van der Waals surface area contributed by atoms with E-state index in [4.69, 9.17) is 9.47 Å². The molecule has 1 N–H and O–H groups in total. The zero-order valence-electron chi connectivity index (χ0n) is 14.7. The Morgan fingerprint density at radius 3 is 2.74 bits per heavy atom. The van der Waals surface area contributed by atoms with E-state index in [1.165, 1.54) is 6.21 Å². The number of benzene rings is 2. The minimum Gasteiger partial charge on any atom is -0.489 e. The molecular weight excluding hydrogens is 412 g/mol. The van der Waals surface area contributed by atoms with Crippen LogP contribution in [0.3, 0.4) is 0 Å². The van der Waals surface area contributed by atoms with Crippen LogP contribution >= 0.6 is 15.9 Å². The quantitative estimate of drug-likeness (QED) is 0.701. The number of halogens is 1. The first-order chi connectivity index (χ1) is 13.1. The van der Waals surface area contributed by atoms with Crippen molar-refractivity contribution in [3.63, 3.8) is 0 Å². The van der Waals surface area contributed by atoms with Crippen molar-refractivity contribution in [2.24, 2.45) is 10.9 Å². The monoisotopic (exact) mass is 430 g/mol. The molecule has 0 aliphatic carbocycles. The average Bonchev–Trinajstić information content (AvgIpc) is 2.68. The SMILES string of the molecule is CCOC(=O)C1C=NC(=O)NC1c1cc(Br)ccc1OCc1ccccc1. The second kappa shape index (κ2) is 8.81. The van der Waals surface area contributed by atoms with Crippen LogP contribution in [0.25, 0.3) is 0 Å². The Kier molecular flexibility index (Phi) is 6.24. The van der Waals surface area contributed by atoms with E-state index in [9.17, 15) is 9.59 Å². The highest BCUT2D eigenvalue weighted by atomic mass is 79.9. The molecule has 1 aliphatic heterocycles. The lowest BCUT2D eigenvalue weighted by molar-refractivity contribution is -0.146. The van der Waals surface area contributed by atoms with Crippen molar-refractivity contribution < 1.29 is 19.1 Å². The van der Waals surface area contributed by atoms with Crippen LogP contribution in [-0.2, 0) is 16.1 Å². The van der Waals surface area contributed by atoms with E-state index in [0.29, 0.717) is 17.9 Å². The van der Waals surface area contributed by atoms with E-state index in [-0.39, 0.29) is 6.61 Å². The highest BCUT2D eigenvalue weighted by Gasteiger charge is 2.35. The number of hydrogen-bond acceptors (Lipinski definition) is 4. The van der Waals surface area contributed by atoms with E-state index in [1.807, 2.05) is 48.5 Å². The van der Waals surface area contributed by atoms with Crippen molar-refractivity contribution >= 4 is 34.1 Å². The number of esters is 1. The molecule has 0 fully saturated rings. The third-order valence-electron chi connectivity index (χ3n) is 4.09. The molecule has 3 rings (SSSR count). The van der Waals surface area contributed by atoms with E-state index in [2.05, 4.69) is 26.2 Å². The van der Waals surface area contributed by atoms with Gasteiger partial charge in [0.25, 0.3) is 0 Å². The van der Waals surface area contributed by atoms with Gasteiger partial charge in [0.15, 0.2) is 0 Å². The summed E-state index contributed by atoms with van der Waals surface area (Å²) in [7, 11) is 0. The molecule has 0 bridgehead atoms. The van der Waals surface area contributed by atoms with Gasteiger partial charge in [0.2, 0.25) is 0 Å². The van der Waals surface area contributed by atoms with Gasteiger partial charge in [-0.05, 0) is 30.7 Å². The van der Waals surface area contributed by atoms with Gasteiger partial charge in [-0.2, -0.15) is 0 Å². The number of carbonyl (C=O) groups is 2. The Morgan fingerprint density at radius 2 is 2.00 bits per heavy atom. The number of carbonyl (C=O) groups excluding carboxylic acids is 2. The third kappa shape index (κ3) is 4.74. The lowest BCUT2D eigenvalue weighted by atomic mass is 9.92. The number of rotatable bonds is 6. The number of urea groups is 1. The maximum absolute atomic E-state index is 12.3. The van der Waals surface area contributed by atoms with Crippen molar-refractivity contribution in [2.75, 3.05) is 6.61 Å². The lowest BCUT2D eigenvalue weighted by Crippen LogP contribution is -2.41. The fourth-order valence-electron chi connectivity index (χ4n) is 2.83. The molecule has 0 radical (unpaired) electrons. The van der Waals surface area contributed by atoms with Crippen LogP contribution in [0, 0.1) is 5.92 Å². The van der Waals surface area contributed by atoms with E-state index < -0.39 is 24.0 Å². The number of aliphatic imine (C=N–C) groups is 1. The summed E-state index contributed by atoms with van der Waals surface area (Å²) in [5.41, 5.74) is 1.69. The smallest absolute Gasteiger partial charge is 0.341 e. The molecule has 7 heteroatoms. The molecule has 0 spiro atoms. The van der Waals surface area contributed by atoms with Crippen molar-refractivity contribution in [1.29, 1.82) is 0 Å². The Labute approximate surface area is 165 Å². The molecule has 6 nitrogen and oxygen atoms in total. The topological polar surface area (TPSA) is 77.0 Å². The maximum Gasteiger partial charge on any atom is 0.341 e. The predicted octanol–water partition coefficient (Wildman–Crippen LogP) is 4.04. The first-order valence-corrected chi connectivity index (χ1v) is 9.35. The van der Waals surface area contributed by atoms with Gasteiger partial charge < -0.3 is 14.8 Å². The highest BCUT2D eigenvalue weighted by Crippen LogP contribution is 2.34. The summed E-state index contributed by atoms with van der Waals surface area (Å²) in [6, 6.07) is 14.1. The molecular formula is C20H19BrN2O4. The Bertz CT molecular complexity index is 854. The average molecular weight is 431 g/mol. The molecule has 27 heavy (non-hydrogen) atoms. The van der Waals surface area contributed by atoms with Crippen LogP contribution in [-0.4, -0.2) is 24.8 Å². The summed E-state index contributed by atoms with van der Waals surface area (Å²) in [5.74, 6) is -0.590. The van der Waals surface area contributed by atoms with Crippen molar-refractivity contribution in [2.45, 2.75) is 19.6 Å². The molecule has 1 heterocycles. The zero-order chi connectivity index (χ0) is 19.2. The number of ether oxygens (including phenoxy) is 2. The van der Waals surface area contributed by atoms with Gasteiger partial charge in [-0.15, -0.1) is 0 Å². The first-order valence-electron chi connectivity index (χ1n) is 8.56. The van der Waals surface area contributed by atoms with Gasteiger partial charge in [0.1, 0.15) is 18.3 Å². The number of nitrogens with one attached hydrogen (secondary N) is 1. The van der Waals surface area contributed by atoms with Gasteiger partial charge in [0.05, 0.1) is 12.6 Å². The van der Waals surface area contributed by atoms with Crippen LogP contribution in [0.4, 0.5) is 4.79 Å². The Morgan fingerprint density at radius 1 is 1.22 bits per heavy atom. The summed E-state index contributed by atoms with van der Waals surface area (Å²) in [6.45, 7) is 2.35. The van der Waals surface area contributed by atoms with Crippen LogP contribution in [0.2, 0.25) is 0 Å². The summed E-state index contributed by atoms with van der Waals surface area (Å²) >= 11 is 3.44. The van der Waals surface area contributed by atoms with Gasteiger partial charge in [-0.25, -0.2) is 9.79 Å². The molecule has 2 atom stereocenters. The van der Waals surface area contributed by atoms with Crippen LogP contribution in [0.15, 0.2) is 58.0 Å². The minimum atomic E-state index is -0.726. The molecule has 1 aliphatic rings. The molecule has 0 saturated carbocycles. The fraction of sp³-hybridized carbons (Fsp3) is 0.250. The standard InChI is InChI=1S/C20H19BrN2O4/c1-2-26-19(24)16-11-22-20(25)23-18(16)15-10-14(21)8-9-17(15)27-12-13-6-4-3-5-7-13/h3-11,16,18H,2,12H2,1H3,(H,23,25). The van der Waals surface area contributed by atoms with Crippen LogP contribution in [0.1, 0.15) is 24.1 Å². The van der Waals surface area contributed by atoms with Crippen LogP contribution in [0.5, 0.6) is 5.75 Å². The molecule has 2 unspecified atom stereocenters. The lowest BCUT2D eigenvalue weighted by Gasteiger charge is -2.28. The van der Waals surface area contributed by atoms with Gasteiger partial charge in [-0.1, -0.05) is 46.3 Å². The summed E-state index contributed by atoms with van der Waals surface area (Å²) in [5, 5.41) is 2.75. The largest absolute Gasteiger partial charge is 0.489 e. The van der Waals surface area contributed by atoms with Crippen molar-refractivity contribution in [3.05, 3.63) is 64.1 Å². The first kappa shape index (κ1) is 19.1. The molecule has 0 aromatic heterocycles. The maximum atomic E-state index is 12.3. The van der Waals surface area contributed by atoms with Crippen molar-refractivity contribution in [1.82, 2.24) is 5.32 Å². The van der Waals surface area contributed by atoms with E-state index in [0.717, 1.165) is 10.0 Å². The van der Waals surface area contributed by atoms with Gasteiger partial charge in [0, 0.05) is 16.3 Å². The fourth-order valence-corrected chi connectivity index (χ4v) is 3.21. The zero-order valence-corrected chi connectivity index (χ0v) is 16.3. The second-order valence-electron chi connectivity index (χ2n) is 5.94. The predicted molar refractivity (Wildman–Crippen MR) is 105 cm³/mol. The summed E-state index contributed by atoms with van der Waals surface area (Å²) in [4.78, 5) is 27.9. The number of amides is 2. The molecule has 2 aromatic rings. The molecule has 2 aromatic carbocycles. The molecule has 2 amide bonds. The molecule has 140 valence electrons. The van der Waals surface area contributed by atoms with E-state index in [1.54, 1.807) is 6.92 Å². The summed E-state index contributed by atoms with van der Waals surface area (Å²) in [6.07, 6.45) is 1.34. The van der Waals surface area contributed by atoms with Crippen LogP contribution < -0.4 is 10.1 Å². The number of hydrogen-bond donors (Lipinski definition) is 1. The van der Waals surface area contributed by atoms with Gasteiger partial charge >= 0.3 is 12.0 Å². The Balaban J connectivity index is 1.91. The minimum absolute atomic E-state index is 0.250. The van der Waals surface area contributed by atoms with E-state index >= 15 is 0 Å². The van der Waals surface area contributed by atoms with Crippen molar-refractivity contribution in [3.8, 4) is 5.75 Å². The normalized spacial score (nSPS) is 18.7. The third-order valence-corrected chi connectivity index (χ3v) is 4.59.